The summed E-state index contributed by atoms with van der Waals surface area (Å²) in [5.74, 6) is 0.720. The topological polar surface area (TPSA) is 20.5 Å². The quantitative estimate of drug-likeness (QED) is 0.850. The van der Waals surface area contributed by atoms with E-state index < -0.39 is 0 Å². The van der Waals surface area contributed by atoms with Crippen molar-refractivity contribution in [1.29, 1.82) is 0 Å². The summed E-state index contributed by atoms with van der Waals surface area (Å²) in [6.45, 7) is 7.87. The van der Waals surface area contributed by atoms with Gasteiger partial charge in [0.05, 0.1) is 15.9 Å². The molecule has 0 aliphatic carbocycles. The van der Waals surface area contributed by atoms with E-state index in [4.69, 9.17) is 4.98 Å². The van der Waals surface area contributed by atoms with Gasteiger partial charge >= 0.3 is 0 Å². The van der Waals surface area contributed by atoms with Gasteiger partial charge in [-0.15, -0.1) is 0 Å². The lowest BCUT2D eigenvalue weighted by atomic mass is 10.1. The second-order valence-electron chi connectivity index (χ2n) is 5.43. The number of hydrogen-bond donors (Lipinski definition) is 0. The second-order valence-corrected chi connectivity index (χ2v) is 6.29. The van der Waals surface area contributed by atoms with Gasteiger partial charge in [0.1, 0.15) is 0 Å². The van der Waals surface area contributed by atoms with Crippen LogP contribution in [0.15, 0.2) is 22.8 Å². The van der Waals surface area contributed by atoms with Crippen LogP contribution >= 0.6 is 15.9 Å². The van der Waals surface area contributed by atoms with Crippen LogP contribution in [0.3, 0.4) is 0 Å². The fraction of sp³-hybridized carbons (Fsp3) is 0.500. The summed E-state index contributed by atoms with van der Waals surface area (Å²) in [7, 11) is 0. The van der Waals surface area contributed by atoms with E-state index in [2.05, 4.69) is 57.4 Å². The SMILES string of the molecule is CC(C)CN1CCc2nc3c(Br)cccn3c2C1. The summed E-state index contributed by atoms with van der Waals surface area (Å²) >= 11 is 3.58. The Labute approximate surface area is 116 Å². The standard InChI is InChI=1S/C14H18BrN3/c1-10(2)8-17-7-5-12-13(9-17)18-6-3-4-11(15)14(18)16-12/h3-4,6,10H,5,7-9H2,1-2H3. The van der Waals surface area contributed by atoms with Crippen LogP contribution in [-0.4, -0.2) is 27.4 Å². The van der Waals surface area contributed by atoms with Crippen molar-refractivity contribution in [3.63, 3.8) is 0 Å². The van der Waals surface area contributed by atoms with E-state index >= 15 is 0 Å². The molecule has 1 aliphatic rings. The summed E-state index contributed by atoms with van der Waals surface area (Å²) in [5, 5.41) is 0. The summed E-state index contributed by atoms with van der Waals surface area (Å²) in [4.78, 5) is 7.29. The molecule has 4 heteroatoms. The van der Waals surface area contributed by atoms with Crippen molar-refractivity contribution in [2.45, 2.75) is 26.8 Å². The van der Waals surface area contributed by atoms with Gasteiger partial charge < -0.3 is 4.40 Å². The van der Waals surface area contributed by atoms with Gasteiger partial charge in [0.15, 0.2) is 5.65 Å². The maximum Gasteiger partial charge on any atom is 0.151 e. The number of pyridine rings is 1. The molecule has 2 aromatic heterocycles. The molecule has 0 N–H and O–H groups in total. The number of aromatic nitrogens is 2. The maximum atomic E-state index is 4.76. The molecule has 3 heterocycles. The first-order valence-corrected chi connectivity index (χ1v) is 7.31. The maximum absolute atomic E-state index is 4.76. The van der Waals surface area contributed by atoms with E-state index in [9.17, 15) is 0 Å². The smallest absolute Gasteiger partial charge is 0.151 e. The number of nitrogens with zero attached hydrogens (tertiary/aromatic N) is 3. The predicted molar refractivity (Wildman–Crippen MR) is 76.7 cm³/mol. The lowest BCUT2D eigenvalue weighted by molar-refractivity contribution is 0.222. The lowest BCUT2D eigenvalue weighted by Crippen LogP contribution is -2.33. The zero-order valence-corrected chi connectivity index (χ0v) is 12.4. The molecule has 96 valence electrons. The molecule has 0 bridgehead atoms. The van der Waals surface area contributed by atoms with Gasteiger partial charge in [0, 0.05) is 32.3 Å². The molecule has 0 unspecified atom stereocenters. The van der Waals surface area contributed by atoms with Crippen molar-refractivity contribution >= 4 is 21.6 Å². The molecule has 0 aromatic carbocycles. The summed E-state index contributed by atoms with van der Waals surface area (Å²) in [6.07, 6.45) is 3.18. The van der Waals surface area contributed by atoms with Crippen LogP contribution in [0.2, 0.25) is 0 Å². The van der Waals surface area contributed by atoms with Gasteiger partial charge in [-0.25, -0.2) is 4.98 Å². The average molecular weight is 308 g/mol. The Morgan fingerprint density at radius 3 is 3.06 bits per heavy atom. The van der Waals surface area contributed by atoms with E-state index in [1.54, 1.807) is 0 Å². The van der Waals surface area contributed by atoms with Crippen LogP contribution in [0, 0.1) is 5.92 Å². The van der Waals surface area contributed by atoms with Crippen LogP contribution in [0.1, 0.15) is 25.2 Å². The Morgan fingerprint density at radius 2 is 2.28 bits per heavy atom. The summed E-state index contributed by atoms with van der Waals surface area (Å²) in [5.41, 5.74) is 3.68. The van der Waals surface area contributed by atoms with E-state index in [-0.39, 0.29) is 0 Å². The molecule has 3 rings (SSSR count). The molecule has 0 saturated heterocycles. The minimum absolute atomic E-state index is 0.720. The molecule has 0 saturated carbocycles. The monoisotopic (exact) mass is 307 g/mol. The Balaban J connectivity index is 1.99. The van der Waals surface area contributed by atoms with Gasteiger partial charge in [0.25, 0.3) is 0 Å². The molecular formula is C14H18BrN3. The van der Waals surface area contributed by atoms with Crippen LogP contribution in [0.4, 0.5) is 0 Å². The molecule has 0 amide bonds. The molecule has 0 spiro atoms. The number of hydrogen-bond acceptors (Lipinski definition) is 2. The third-order valence-corrected chi connectivity index (χ3v) is 4.06. The highest BCUT2D eigenvalue weighted by atomic mass is 79.9. The van der Waals surface area contributed by atoms with Crippen molar-refractivity contribution in [3.05, 3.63) is 34.2 Å². The Kier molecular flexibility index (Phi) is 3.16. The minimum Gasteiger partial charge on any atom is -0.302 e. The van der Waals surface area contributed by atoms with Crippen molar-refractivity contribution in [1.82, 2.24) is 14.3 Å². The summed E-state index contributed by atoms with van der Waals surface area (Å²) < 4.78 is 3.31. The molecule has 18 heavy (non-hydrogen) atoms. The van der Waals surface area contributed by atoms with Gasteiger partial charge in [-0.1, -0.05) is 13.8 Å². The zero-order chi connectivity index (χ0) is 12.7. The van der Waals surface area contributed by atoms with Gasteiger partial charge in [0.2, 0.25) is 0 Å². The summed E-state index contributed by atoms with van der Waals surface area (Å²) in [6, 6.07) is 4.13. The number of rotatable bonds is 2. The average Bonchev–Trinajstić information content (AvgIpc) is 2.68. The first-order chi connectivity index (χ1) is 8.65. The Hall–Kier alpha value is -0.870. The molecule has 2 aromatic rings. The van der Waals surface area contributed by atoms with Crippen molar-refractivity contribution in [2.24, 2.45) is 5.92 Å². The first-order valence-electron chi connectivity index (χ1n) is 6.52. The molecule has 0 fully saturated rings. The minimum atomic E-state index is 0.720. The number of fused-ring (bicyclic) bond motifs is 3. The highest BCUT2D eigenvalue weighted by molar-refractivity contribution is 9.10. The highest BCUT2D eigenvalue weighted by Crippen LogP contribution is 2.25. The van der Waals surface area contributed by atoms with E-state index in [0.29, 0.717) is 0 Å². The first kappa shape index (κ1) is 12.2. The Morgan fingerprint density at radius 1 is 1.44 bits per heavy atom. The van der Waals surface area contributed by atoms with Gasteiger partial charge in [-0.05, 0) is 34.0 Å². The molecule has 0 atom stereocenters. The van der Waals surface area contributed by atoms with Crippen molar-refractivity contribution in [2.75, 3.05) is 13.1 Å². The fourth-order valence-corrected chi connectivity index (χ4v) is 3.16. The molecular weight excluding hydrogens is 290 g/mol. The van der Waals surface area contributed by atoms with Crippen molar-refractivity contribution < 1.29 is 0 Å². The van der Waals surface area contributed by atoms with E-state index in [1.807, 2.05) is 0 Å². The van der Waals surface area contributed by atoms with Crippen LogP contribution in [0.25, 0.3) is 5.65 Å². The fourth-order valence-electron chi connectivity index (χ4n) is 2.73. The highest BCUT2D eigenvalue weighted by Gasteiger charge is 2.22. The number of halogens is 1. The van der Waals surface area contributed by atoms with Crippen LogP contribution < -0.4 is 0 Å². The Bertz CT molecular complexity index is 574. The zero-order valence-electron chi connectivity index (χ0n) is 10.9. The van der Waals surface area contributed by atoms with Gasteiger partial charge in [-0.3, -0.25) is 4.90 Å². The molecule has 0 radical (unpaired) electrons. The molecule has 1 aliphatic heterocycles. The number of imidazole rings is 1. The van der Waals surface area contributed by atoms with E-state index in [0.717, 1.165) is 35.5 Å². The normalized spacial score (nSPS) is 16.4. The largest absolute Gasteiger partial charge is 0.302 e. The third-order valence-electron chi connectivity index (χ3n) is 3.45. The predicted octanol–water partition coefficient (Wildman–Crippen LogP) is 3.11. The van der Waals surface area contributed by atoms with Gasteiger partial charge in [-0.2, -0.15) is 0 Å². The second kappa shape index (κ2) is 4.67. The van der Waals surface area contributed by atoms with Crippen molar-refractivity contribution in [3.8, 4) is 0 Å². The lowest BCUT2D eigenvalue weighted by Gasteiger charge is -2.27. The van der Waals surface area contributed by atoms with Crippen LogP contribution in [0.5, 0.6) is 0 Å². The van der Waals surface area contributed by atoms with E-state index in [1.165, 1.54) is 17.9 Å². The molecule has 3 nitrogen and oxygen atoms in total. The van der Waals surface area contributed by atoms with Crippen LogP contribution in [-0.2, 0) is 13.0 Å². The third kappa shape index (κ3) is 2.08.